The summed E-state index contributed by atoms with van der Waals surface area (Å²) in [6, 6.07) is 1.30. The van der Waals surface area contributed by atoms with Crippen LogP contribution in [0.2, 0.25) is 0 Å². The number of phosphoric acid groups is 3. The first-order chi connectivity index (χ1) is 12.7. The summed E-state index contributed by atoms with van der Waals surface area (Å²) in [5.74, 6) is 0. The molecule has 28 heavy (non-hydrogen) atoms. The normalized spacial score (nSPS) is 26.6. The maximum Gasteiger partial charge on any atom is 0.508 e. The fourth-order valence-electron chi connectivity index (χ4n) is 2.00. The zero-order chi connectivity index (χ0) is 21.6. The van der Waals surface area contributed by atoms with E-state index in [0.29, 0.717) is 0 Å². The van der Waals surface area contributed by atoms with Gasteiger partial charge in [-0.15, -0.1) is 0 Å². The minimum atomic E-state index is -5.64. The van der Waals surface area contributed by atoms with Crippen LogP contribution in [0.5, 0.6) is 0 Å². The minimum absolute atomic E-state index is 0.0534. The molecule has 0 spiro atoms. The zero-order valence-electron chi connectivity index (χ0n) is 14.2. The van der Waals surface area contributed by atoms with E-state index in [1.165, 1.54) is 0 Å². The molecule has 1 rings (SSSR count). The SMILES string of the molecule is BC1CC(OC(=O)OCCC#N)C(COP(=O)(O)OP(=O)(O)OP(=O)(O)O)O1. The van der Waals surface area contributed by atoms with E-state index in [4.69, 9.17) is 29.4 Å². The molecule has 160 valence electrons. The average molecular weight is 467 g/mol. The first-order valence-electron chi connectivity index (χ1n) is 7.37. The summed E-state index contributed by atoms with van der Waals surface area (Å²) in [5, 5.41) is 8.36. The Kier molecular flexibility index (Phi) is 9.27. The van der Waals surface area contributed by atoms with Crippen molar-refractivity contribution in [3.05, 3.63) is 0 Å². The smallest absolute Gasteiger partial charge is 0.433 e. The summed E-state index contributed by atoms with van der Waals surface area (Å²) < 4.78 is 60.0. The molecule has 5 atom stereocenters. The van der Waals surface area contributed by atoms with Gasteiger partial charge in [-0.2, -0.15) is 13.9 Å². The lowest BCUT2D eigenvalue weighted by Gasteiger charge is -2.21. The van der Waals surface area contributed by atoms with Gasteiger partial charge in [0.2, 0.25) is 0 Å². The van der Waals surface area contributed by atoms with Gasteiger partial charge in [0.25, 0.3) is 0 Å². The molecule has 0 aromatic carbocycles. The van der Waals surface area contributed by atoms with E-state index in [2.05, 4.69) is 17.9 Å². The summed E-state index contributed by atoms with van der Waals surface area (Å²) in [4.78, 5) is 46.9. The van der Waals surface area contributed by atoms with Crippen LogP contribution in [0.25, 0.3) is 0 Å². The number of ether oxygens (including phenoxy) is 3. The Balaban J connectivity index is 2.61. The quantitative estimate of drug-likeness (QED) is 0.138. The van der Waals surface area contributed by atoms with E-state index in [9.17, 15) is 23.4 Å². The summed E-state index contributed by atoms with van der Waals surface area (Å²) in [5.41, 5.74) is 0. The third kappa shape index (κ3) is 10.1. The summed E-state index contributed by atoms with van der Waals surface area (Å²) in [7, 11) is -14.9. The Hall–Kier alpha value is -0.805. The Bertz CT molecular complexity index is 734. The van der Waals surface area contributed by atoms with Crippen molar-refractivity contribution in [2.75, 3.05) is 13.2 Å². The molecule has 0 aliphatic carbocycles. The number of nitrogens with zero attached hydrogens (tertiary/aromatic N) is 1. The van der Waals surface area contributed by atoms with Crippen LogP contribution in [0.1, 0.15) is 12.8 Å². The molecule has 0 aromatic heterocycles. The highest BCUT2D eigenvalue weighted by Crippen LogP contribution is 2.66. The van der Waals surface area contributed by atoms with Crippen molar-refractivity contribution in [3.8, 4) is 6.07 Å². The van der Waals surface area contributed by atoms with Crippen LogP contribution < -0.4 is 0 Å². The van der Waals surface area contributed by atoms with Gasteiger partial charge in [-0.05, 0) is 0 Å². The Labute approximate surface area is 159 Å². The Morgan fingerprint density at radius 1 is 1.18 bits per heavy atom. The average Bonchev–Trinajstić information content (AvgIpc) is 2.81. The Morgan fingerprint density at radius 2 is 1.82 bits per heavy atom. The standard InChI is InChI=1S/C9H17BNO14P3/c10-8-4-6(23-9(12)20-3-1-2-11)7(22-8)5-21-27(16,17)25-28(18,19)24-26(13,14)15/h6-8H,1,3-5,10H2,(H,16,17)(H,18,19)(H2,13,14,15). The predicted molar refractivity (Wildman–Crippen MR) is 88.1 cm³/mol. The number of rotatable bonds is 10. The third-order valence-corrected chi connectivity index (χ3v) is 6.69. The predicted octanol–water partition coefficient (Wildman–Crippen LogP) is -0.487. The van der Waals surface area contributed by atoms with Crippen LogP contribution in [0, 0.1) is 11.3 Å². The second-order valence-corrected chi connectivity index (χ2v) is 9.69. The number of hydrogen-bond acceptors (Lipinski definition) is 11. The number of carbonyl (C=O) groups excluding carboxylic acids is 1. The van der Waals surface area contributed by atoms with Crippen molar-refractivity contribution in [1.82, 2.24) is 0 Å². The van der Waals surface area contributed by atoms with Gasteiger partial charge in [-0.1, -0.05) is 0 Å². The second-order valence-electron chi connectivity index (χ2n) is 5.27. The minimum Gasteiger partial charge on any atom is -0.433 e. The fourth-order valence-corrected chi connectivity index (χ4v) is 5.03. The maximum absolute atomic E-state index is 11.7. The van der Waals surface area contributed by atoms with Crippen LogP contribution in [0.3, 0.4) is 0 Å². The van der Waals surface area contributed by atoms with E-state index in [1.807, 2.05) is 0 Å². The van der Waals surface area contributed by atoms with Crippen molar-refractivity contribution in [2.24, 2.45) is 0 Å². The molecule has 1 saturated heterocycles. The van der Waals surface area contributed by atoms with Crippen molar-refractivity contribution in [2.45, 2.75) is 31.1 Å². The highest BCUT2D eigenvalue weighted by atomic mass is 31.3. The molecule has 1 heterocycles. The molecule has 0 saturated carbocycles. The van der Waals surface area contributed by atoms with E-state index in [0.717, 1.165) is 0 Å². The van der Waals surface area contributed by atoms with Crippen molar-refractivity contribution < 1.29 is 65.4 Å². The molecular formula is C9H17BNO14P3. The van der Waals surface area contributed by atoms with Gasteiger partial charge >= 0.3 is 29.6 Å². The van der Waals surface area contributed by atoms with Crippen molar-refractivity contribution >= 4 is 37.5 Å². The van der Waals surface area contributed by atoms with E-state index in [1.54, 1.807) is 13.9 Å². The summed E-state index contributed by atoms with van der Waals surface area (Å²) in [6.45, 7) is -0.963. The van der Waals surface area contributed by atoms with Gasteiger partial charge in [0, 0.05) is 12.4 Å². The monoisotopic (exact) mass is 467 g/mol. The van der Waals surface area contributed by atoms with Gasteiger partial charge in [0.15, 0.2) is 0 Å². The lowest BCUT2D eigenvalue weighted by Crippen LogP contribution is -2.31. The molecule has 0 bridgehead atoms. The summed E-state index contributed by atoms with van der Waals surface area (Å²) >= 11 is 0. The number of hydrogen-bond donors (Lipinski definition) is 4. The van der Waals surface area contributed by atoms with Crippen LogP contribution >= 0.6 is 23.5 Å². The highest BCUT2D eigenvalue weighted by molar-refractivity contribution is 7.66. The first kappa shape index (κ1) is 25.2. The fraction of sp³-hybridized carbons (Fsp3) is 0.778. The molecule has 15 nitrogen and oxygen atoms in total. The molecule has 1 aliphatic heterocycles. The van der Waals surface area contributed by atoms with Gasteiger partial charge in [-0.3, -0.25) is 4.52 Å². The lowest BCUT2D eigenvalue weighted by molar-refractivity contribution is -0.0318. The summed E-state index contributed by atoms with van der Waals surface area (Å²) in [6.07, 6.45) is -3.07. The zero-order valence-corrected chi connectivity index (χ0v) is 16.9. The van der Waals surface area contributed by atoms with Gasteiger partial charge in [0.05, 0.1) is 19.1 Å². The van der Waals surface area contributed by atoms with E-state index < -0.39 is 54.4 Å². The van der Waals surface area contributed by atoms with Gasteiger partial charge in [0.1, 0.15) is 26.7 Å². The van der Waals surface area contributed by atoms with Gasteiger partial charge in [-0.25, -0.2) is 18.5 Å². The van der Waals surface area contributed by atoms with Gasteiger partial charge < -0.3 is 33.8 Å². The number of nitriles is 1. The lowest BCUT2D eigenvalue weighted by atomic mass is 9.96. The van der Waals surface area contributed by atoms with Crippen molar-refractivity contribution in [1.29, 1.82) is 5.26 Å². The third-order valence-electron chi connectivity index (χ3n) is 2.89. The molecule has 0 amide bonds. The van der Waals surface area contributed by atoms with E-state index >= 15 is 0 Å². The molecule has 1 aliphatic rings. The van der Waals surface area contributed by atoms with Crippen LogP contribution in [-0.4, -0.2) is 65.0 Å². The molecule has 5 unspecified atom stereocenters. The first-order valence-corrected chi connectivity index (χ1v) is 11.9. The maximum atomic E-state index is 11.7. The molecule has 4 N–H and O–H groups in total. The second kappa shape index (κ2) is 10.3. The molecule has 0 aromatic rings. The van der Waals surface area contributed by atoms with E-state index in [-0.39, 0.29) is 19.4 Å². The van der Waals surface area contributed by atoms with Crippen LogP contribution in [-0.2, 0) is 41.1 Å². The topological polar surface area (TPSA) is 228 Å². The van der Waals surface area contributed by atoms with Crippen LogP contribution in [0.4, 0.5) is 4.79 Å². The number of carbonyl (C=O) groups is 1. The van der Waals surface area contributed by atoms with Crippen LogP contribution in [0.15, 0.2) is 0 Å². The van der Waals surface area contributed by atoms with Crippen molar-refractivity contribution in [3.63, 3.8) is 0 Å². The number of phosphoric ester groups is 1. The molecular weight excluding hydrogens is 450 g/mol. The molecule has 19 heteroatoms. The largest absolute Gasteiger partial charge is 0.508 e. The molecule has 0 radical (unpaired) electrons. The molecule has 1 fully saturated rings. The highest BCUT2D eigenvalue weighted by Gasteiger charge is 2.43. The Morgan fingerprint density at radius 3 is 2.39 bits per heavy atom.